The van der Waals surface area contributed by atoms with Gasteiger partial charge in [0.1, 0.15) is 5.58 Å². The molecule has 0 aliphatic carbocycles. The molecule has 6 nitrogen and oxygen atoms in total. The van der Waals surface area contributed by atoms with Crippen LogP contribution in [-0.2, 0) is 0 Å². The van der Waals surface area contributed by atoms with E-state index in [0.717, 1.165) is 21.0 Å². The van der Waals surface area contributed by atoms with Crippen LogP contribution in [-0.4, -0.2) is 25.3 Å². The number of fused-ring (bicyclic) bond motifs is 1. The van der Waals surface area contributed by atoms with Gasteiger partial charge >= 0.3 is 5.91 Å². The molecule has 0 atom stereocenters. The maximum atomic E-state index is 12.4. The van der Waals surface area contributed by atoms with Gasteiger partial charge < -0.3 is 13.9 Å². The molecule has 0 unspecified atom stereocenters. The molecule has 146 valence electrons. The zero-order valence-corrected chi connectivity index (χ0v) is 17.5. The number of furan rings is 1. The number of aryl methyl sites for hydroxylation is 1. The largest absolute Gasteiger partial charge is 0.490 e. The summed E-state index contributed by atoms with van der Waals surface area (Å²) in [5.74, 6) is 1.10. The maximum absolute atomic E-state index is 12.4. The van der Waals surface area contributed by atoms with Crippen LogP contribution in [0.15, 0.2) is 50.4 Å². The standard InChI is InChI=1S/C21H21BrN2O4/c1-4-26-18-11-14(10-16(22)20(18)27-5-2)12-23-24-21(25)19-13(3)15-8-6-7-9-17(15)28-19/h6-12H,4-5H2,1-3H3,(H,24,25). The summed E-state index contributed by atoms with van der Waals surface area (Å²) in [6, 6.07) is 11.2. The summed E-state index contributed by atoms with van der Waals surface area (Å²) in [5, 5.41) is 4.96. The molecule has 0 aliphatic rings. The van der Waals surface area contributed by atoms with Crippen molar-refractivity contribution in [3.63, 3.8) is 0 Å². The molecule has 3 aromatic rings. The number of hydrazone groups is 1. The number of nitrogens with zero attached hydrogens (tertiary/aromatic N) is 1. The van der Waals surface area contributed by atoms with Crippen LogP contribution in [0.3, 0.4) is 0 Å². The van der Waals surface area contributed by atoms with E-state index in [-0.39, 0.29) is 5.76 Å². The van der Waals surface area contributed by atoms with E-state index < -0.39 is 5.91 Å². The zero-order chi connectivity index (χ0) is 20.1. The Hall–Kier alpha value is -2.80. The molecule has 0 fully saturated rings. The average Bonchev–Trinajstić information content (AvgIpc) is 3.02. The number of hydrogen-bond donors (Lipinski definition) is 1. The first-order chi connectivity index (χ1) is 13.5. The molecule has 0 saturated carbocycles. The Morgan fingerprint density at radius 2 is 1.96 bits per heavy atom. The first-order valence-electron chi connectivity index (χ1n) is 8.95. The topological polar surface area (TPSA) is 73.1 Å². The first kappa shape index (κ1) is 19.9. The SMILES string of the molecule is CCOc1cc(C=NNC(=O)c2oc3ccccc3c2C)cc(Br)c1OCC. The number of halogens is 1. The van der Waals surface area contributed by atoms with Crippen molar-refractivity contribution in [1.82, 2.24) is 5.43 Å². The van der Waals surface area contributed by atoms with Crippen LogP contribution in [0.5, 0.6) is 11.5 Å². The fraction of sp³-hybridized carbons (Fsp3) is 0.238. The van der Waals surface area contributed by atoms with E-state index in [1.165, 1.54) is 0 Å². The highest BCUT2D eigenvalue weighted by atomic mass is 79.9. The Morgan fingerprint density at radius 1 is 1.21 bits per heavy atom. The second kappa shape index (κ2) is 8.93. The molecule has 0 aliphatic heterocycles. The Kier molecular flexibility index (Phi) is 6.36. The minimum absolute atomic E-state index is 0.251. The number of rotatable bonds is 7. The van der Waals surface area contributed by atoms with Gasteiger partial charge in [0.25, 0.3) is 0 Å². The molecule has 2 aromatic carbocycles. The summed E-state index contributed by atoms with van der Waals surface area (Å²) in [5.41, 5.74) is 4.71. The summed E-state index contributed by atoms with van der Waals surface area (Å²) in [6.07, 6.45) is 1.54. The van der Waals surface area contributed by atoms with Gasteiger partial charge in [0, 0.05) is 10.9 Å². The van der Waals surface area contributed by atoms with Crippen molar-refractivity contribution in [1.29, 1.82) is 0 Å². The van der Waals surface area contributed by atoms with Crippen LogP contribution in [0.2, 0.25) is 0 Å². The average molecular weight is 445 g/mol. The number of nitrogens with one attached hydrogen (secondary N) is 1. The van der Waals surface area contributed by atoms with Gasteiger partial charge in [0.05, 0.1) is 23.9 Å². The quantitative estimate of drug-likeness (QED) is 0.407. The highest BCUT2D eigenvalue weighted by Crippen LogP contribution is 2.36. The van der Waals surface area contributed by atoms with Gasteiger partial charge in [0.2, 0.25) is 0 Å². The van der Waals surface area contributed by atoms with E-state index >= 15 is 0 Å². The van der Waals surface area contributed by atoms with Gasteiger partial charge in [-0.05, 0) is 60.5 Å². The molecule has 0 radical (unpaired) electrons. The molecular weight excluding hydrogens is 424 g/mol. The molecule has 1 heterocycles. The molecule has 1 N–H and O–H groups in total. The van der Waals surface area contributed by atoms with Crippen molar-refractivity contribution in [2.75, 3.05) is 13.2 Å². The number of carbonyl (C=O) groups excluding carboxylic acids is 1. The van der Waals surface area contributed by atoms with E-state index in [4.69, 9.17) is 13.9 Å². The third-order valence-corrected chi connectivity index (χ3v) is 4.64. The summed E-state index contributed by atoms with van der Waals surface area (Å²) < 4.78 is 17.7. The molecule has 7 heteroatoms. The molecule has 28 heavy (non-hydrogen) atoms. The normalized spacial score (nSPS) is 11.1. The second-order valence-corrected chi connectivity index (χ2v) is 6.80. The van der Waals surface area contributed by atoms with E-state index in [1.54, 1.807) is 12.3 Å². The van der Waals surface area contributed by atoms with E-state index in [0.29, 0.717) is 30.3 Å². The predicted octanol–water partition coefficient (Wildman–Crippen LogP) is 5.07. The number of ether oxygens (including phenoxy) is 2. The highest BCUT2D eigenvalue weighted by molar-refractivity contribution is 9.10. The second-order valence-electron chi connectivity index (χ2n) is 5.95. The number of carbonyl (C=O) groups is 1. The van der Waals surface area contributed by atoms with Crippen molar-refractivity contribution >= 4 is 39.0 Å². The van der Waals surface area contributed by atoms with Crippen LogP contribution in [0, 0.1) is 6.92 Å². The Morgan fingerprint density at radius 3 is 2.68 bits per heavy atom. The molecule has 1 amide bonds. The molecular formula is C21H21BrN2O4. The summed E-state index contributed by atoms with van der Waals surface area (Å²) in [4.78, 5) is 12.4. The Bertz CT molecular complexity index is 1030. The monoisotopic (exact) mass is 444 g/mol. The summed E-state index contributed by atoms with van der Waals surface area (Å²) >= 11 is 3.49. The Balaban J connectivity index is 1.78. The van der Waals surface area contributed by atoms with Gasteiger partial charge in [-0.15, -0.1) is 0 Å². The van der Waals surface area contributed by atoms with Gasteiger partial charge in [-0.25, -0.2) is 5.43 Å². The van der Waals surface area contributed by atoms with Crippen LogP contribution in [0.25, 0.3) is 11.0 Å². The summed E-state index contributed by atoms with van der Waals surface area (Å²) in [7, 11) is 0. The smallest absolute Gasteiger partial charge is 0.307 e. The number of hydrogen-bond acceptors (Lipinski definition) is 5. The van der Waals surface area contributed by atoms with Gasteiger partial charge in [-0.1, -0.05) is 18.2 Å². The third-order valence-electron chi connectivity index (χ3n) is 4.05. The zero-order valence-electron chi connectivity index (χ0n) is 15.9. The van der Waals surface area contributed by atoms with Crippen molar-refractivity contribution in [3.8, 4) is 11.5 Å². The minimum atomic E-state index is -0.403. The molecule has 0 spiro atoms. The fourth-order valence-electron chi connectivity index (χ4n) is 2.82. The molecule has 0 saturated heterocycles. The number of benzene rings is 2. The summed E-state index contributed by atoms with van der Waals surface area (Å²) in [6.45, 7) is 6.70. The van der Waals surface area contributed by atoms with Crippen LogP contribution in [0.1, 0.15) is 35.5 Å². The lowest BCUT2D eigenvalue weighted by atomic mass is 10.1. The lowest BCUT2D eigenvalue weighted by Crippen LogP contribution is -2.17. The lowest BCUT2D eigenvalue weighted by Gasteiger charge is -2.13. The van der Waals surface area contributed by atoms with E-state index in [9.17, 15) is 4.79 Å². The number of amides is 1. The van der Waals surface area contributed by atoms with Gasteiger partial charge in [0.15, 0.2) is 17.3 Å². The molecule has 1 aromatic heterocycles. The fourth-order valence-corrected chi connectivity index (χ4v) is 3.39. The highest BCUT2D eigenvalue weighted by Gasteiger charge is 2.17. The van der Waals surface area contributed by atoms with Crippen LogP contribution in [0.4, 0.5) is 0 Å². The molecule has 3 rings (SSSR count). The van der Waals surface area contributed by atoms with E-state index in [2.05, 4.69) is 26.5 Å². The predicted molar refractivity (Wildman–Crippen MR) is 112 cm³/mol. The van der Waals surface area contributed by atoms with Crippen molar-refractivity contribution in [3.05, 3.63) is 57.8 Å². The van der Waals surface area contributed by atoms with Crippen molar-refractivity contribution in [2.24, 2.45) is 5.10 Å². The number of para-hydroxylation sites is 1. The first-order valence-corrected chi connectivity index (χ1v) is 9.75. The van der Waals surface area contributed by atoms with Crippen LogP contribution < -0.4 is 14.9 Å². The Labute approximate surface area is 171 Å². The third kappa shape index (κ3) is 4.20. The van der Waals surface area contributed by atoms with Gasteiger partial charge in [-0.2, -0.15) is 5.10 Å². The minimum Gasteiger partial charge on any atom is -0.490 e. The van der Waals surface area contributed by atoms with E-state index in [1.807, 2.05) is 51.1 Å². The maximum Gasteiger partial charge on any atom is 0.307 e. The van der Waals surface area contributed by atoms with Crippen LogP contribution >= 0.6 is 15.9 Å². The van der Waals surface area contributed by atoms with Crippen molar-refractivity contribution < 1.29 is 18.7 Å². The van der Waals surface area contributed by atoms with Gasteiger partial charge in [-0.3, -0.25) is 4.79 Å². The lowest BCUT2D eigenvalue weighted by molar-refractivity contribution is 0.0929. The van der Waals surface area contributed by atoms with Crippen molar-refractivity contribution in [2.45, 2.75) is 20.8 Å². The molecule has 0 bridgehead atoms.